The molecule has 0 fully saturated rings. The summed E-state index contributed by atoms with van der Waals surface area (Å²) in [7, 11) is 0. The lowest BCUT2D eigenvalue weighted by Gasteiger charge is -2.14. The highest BCUT2D eigenvalue weighted by molar-refractivity contribution is 6.05. The standard InChI is InChI=1S/C23H27N5O4/c1-4-10-28-20-18(22(31)27-23(28)32)16(12-17(26-20)13(2)3)21(30)25-9-8-14-6-5-7-15(11-14)19(24)29/h5-7,11-13H,4,8-10H2,1-3H3,(H2,24,29)(H,25,30)(H,27,31,32). The second-order valence-corrected chi connectivity index (χ2v) is 7.93. The Morgan fingerprint density at radius 1 is 1.22 bits per heavy atom. The number of aryl methyl sites for hydroxylation is 1. The van der Waals surface area contributed by atoms with Gasteiger partial charge in [0.25, 0.3) is 11.5 Å². The predicted molar refractivity (Wildman–Crippen MR) is 122 cm³/mol. The molecule has 168 valence electrons. The van der Waals surface area contributed by atoms with Crippen LogP contribution in [0.1, 0.15) is 65.1 Å². The highest BCUT2D eigenvalue weighted by Gasteiger charge is 2.20. The van der Waals surface area contributed by atoms with Gasteiger partial charge in [0.15, 0.2) is 5.65 Å². The Bertz CT molecular complexity index is 1290. The van der Waals surface area contributed by atoms with Crippen molar-refractivity contribution in [2.75, 3.05) is 6.54 Å². The Morgan fingerprint density at radius 3 is 2.62 bits per heavy atom. The van der Waals surface area contributed by atoms with E-state index in [4.69, 9.17) is 5.73 Å². The number of fused-ring (bicyclic) bond motifs is 1. The molecular weight excluding hydrogens is 410 g/mol. The van der Waals surface area contributed by atoms with E-state index in [2.05, 4.69) is 15.3 Å². The van der Waals surface area contributed by atoms with Gasteiger partial charge < -0.3 is 11.1 Å². The van der Waals surface area contributed by atoms with Crippen molar-refractivity contribution in [2.24, 2.45) is 5.73 Å². The molecule has 9 heteroatoms. The molecule has 0 saturated carbocycles. The molecule has 0 saturated heterocycles. The van der Waals surface area contributed by atoms with Crippen LogP contribution in [0.25, 0.3) is 11.0 Å². The van der Waals surface area contributed by atoms with E-state index in [-0.39, 0.29) is 29.1 Å². The van der Waals surface area contributed by atoms with E-state index in [9.17, 15) is 19.2 Å². The molecule has 4 N–H and O–H groups in total. The number of aromatic nitrogens is 3. The summed E-state index contributed by atoms with van der Waals surface area (Å²) in [6.45, 7) is 6.43. The number of hydrogen-bond donors (Lipinski definition) is 3. The van der Waals surface area contributed by atoms with Crippen LogP contribution < -0.4 is 22.3 Å². The van der Waals surface area contributed by atoms with Crippen molar-refractivity contribution in [2.45, 2.75) is 46.1 Å². The summed E-state index contributed by atoms with van der Waals surface area (Å²) in [5.41, 5.74) is 6.38. The van der Waals surface area contributed by atoms with E-state index in [0.717, 1.165) is 5.56 Å². The van der Waals surface area contributed by atoms with Crippen LogP contribution in [-0.4, -0.2) is 32.9 Å². The third-order valence-corrected chi connectivity index (χ3v) is 5.16. The van der Waals surface area contributed by atoms with Crippen molar-refractivity contribution in [1.82, 2.24) is 19.9 Å². The van der Waals surface area contributed by atoms with Gasteiger partial charge in [0.2, 0.25) is 5.91 Å². The molecule has 0 atom stereocenters. The first-order valence-electron chi connectivity index (χ1n) is 10.6. The number of pyridine rings is 1. The van der Waals surface area contributed by atoms with E-state index in [0.29, 0.717) is 30.6 Å². The number of benzene rings is 1. The first-order chi connectivity index (χ1) is 15.2. The van der Waals surface area contributed by atoms with Gasteiger partial charge in [-0.2, -0.15) is 0 Å². The normalized spacial score (nSPS) is 11.1. The van der Waals surface area contributed by atoms with Gasteiger partial charge in [0.1, 0.15) is 0 Å². The second-order valence-electron chi connectivity index (χ2n) is 7.93. The molecule has 0 unspecified atom stereocenters. The Kier molecular flexibility index (Phi) is 6.87. The number of nitrogens with one attached hydrogen (secondary N) is 2. The third kappa shape index (κ3) is 4.77. The molecule has 3 rings (SSSR count). The van der Waals surface area contributed by atoms with Gasteiger partial charge in [-0.3, -0.25) is 23.9 Å². The van der Waals surface area contributed by atoms with Crippen LogP contribution in [0.5, 0.6) is 0 Å². The lowest BCUT2D eigenvalue weighted by atomic mass is 10.0. The molecule has 0 aliphatic heterocycles. The Balaban J connectivity index is 1.96. The zero-order valence-corrected chi connectivity index (χ0v) is 18.4. The minimum atomic E-state index is -0.639. The van der Waals surface area contributed by atoms with Crippen LogP contribution in [0.4, 0.5) is 0 Å². The first-order valence-corrected chi connectivity index (χ1v) is 10.6. The first kappa shape index (κ1) is 22.9. The van der Waals surface area contributed by atoms with Gasteiger partial charge in [-0.25, -0.2) is 9.78 Å². The molecule has 32 heavy (non-hydrogen) atoms. The molecule has 0 aliphatic rings. The second kappa shape index (κ2) is 9.59. The van der Waals surface area contributed by atoms with Crippen molar-refractivity contribution in [1.29, 1.82) is 0 Å². The zero-order valence-electron chi connectivity index (χ0n) is 18.4. The van der Waals surface area contributed by atoms with Crippen LogP contribution in [0.3, 0.4) is 0 Å². The largest absolute Gasteiger partial charge is 0.366 e. The van der Waals surface area contributed by atoms with Gasteiger partial charge in [-0.05, 0) is 42.5 Å². The maximum Gasteiger partial charge on any atom is 0.329 e. The van der Waals surface area contributed by atoms with E-state index >= 15 is 0 Å². The highest BCUT2D eigenvalue weighted by Crippen LogP contribution is 2.20. The third-order valence-electron chi connectivity index (χ3n) is 5.16. The Morgan fingerprint density at radius 2 is 1.97 bits per heavy atom. The summed E-state index contributed by atoms with van der Waals surface area (Å²) in [4.78, 5) is 56.2. The number of rotatable bonds is 8. The molecule has 0 radical (unpaired) electrons. The minimum absolute atomic E-state index is 0.00745. The molecule has 1 aromatic carbocycles. The van der Waals surface area contributed by atoms with Gasteiger partial charge in [0.05, 0.1) is 10.9 Å². The summed E-state index contributed by atoms with van der Waals surface area (Å²) < 4.78 is 1.40. The number of nitrogens with two attached hydrogens (primary N) is 1. The number of hydrogen-bond acceptors (Lipinski definition) is 5. The van der Waals surface area contributed by atoms with Crippen molar-refractivity contribution in [3.05, 3.63) is 73.6 Å². The van der Waals surface area contributed by atoms with E-state index in [1.807, 2.05) is 26.8 Å². The smallest absolute Gasteiger partial charge is 0.329 e. The number of carbonyl (C=O) groups is 2. The summed E-state index contributed by atoms with van der Waals surface area (Å²) in [5.74, 6) is -0.956. The molecular formula is C23H27N5O4. The van der Waals surface area contributed by atoms with Crippen LogP contribution >= 0.6 is 0 Å². The lowest BCUT2D eigenvalue weighted by Crippen LogP contribution is -2.34. The summed E-state index contributed by atoms with van der Waals surface area (Å²) >= 11 is 0. The summed E-state index contributed by atoms with van der Waals surface area (Å²) in [5, 5.41) is 2.92. The number of aromatic amines is 1. The molecule has 0 spiro atoms. The zero-order chi connectivity index (χ0) is 23.4. The van der Waals surface area contributed by atoms with E-state index in [1.54, 1.807) is 24.3 Å². The molecule has 3 aromatic rings. The maximum absolute atomic E-state index is 13.1. The summed E-state index contributed by atoms with van der Waals surface area (Å²) in [6, 6.07) is 8.48. The fourth-order valence-corrected chi connectivity index (χ4v) is 3.50. The van der Waals surface area contributed by atoms with Gasteiger partial charge in [-0.15, -0.1) is 0 Å². The number of nitrogens with zero attached hydrogens (tertiary/aromatic N) is 2. The average Bonchev–Trinajstić information content (AvgIpc) is 2.75. The SMILES string of the molecule is CCCn1c(=O)[nH]c(=O)c2c(C(=O)NCCc3cccc(C(N)=O)c3)cc(C(C)C)nc21. The van der Waals surface area contributed by atoms with Gasteiger partial charge in [-0.1, -0.05) is 32.9 Å². The maximum atomic E-state index is 13.1. The molecule has 9 nitrogen and oxygen atoms in total. The molecule has 2 heterocycles. The quantitative estimate of drug-likeness (QED) is 0.492. The van der Waals surface area contributed by atoms with Crippen molar-refractivity contribution >= 4 is 22.8 Å². The van der Waals surface area contributed by atoms with E-state index in [1.165, 1.54) is 4.57 Å². The van der Waals surface area contributed by atoms with E-state index < -0.39 is 23.1 Å². The van der Waals surface area contributed by atoms with Gasteiger partial charge in [0, 0.05) is 24.3 Å². The number of carbonyl (C=O) groups excluding carboxylic acids is 2. The summed E-state index contributed by atoms with van der Waals surface area (Å²) in [6.07, 6.45) is 1.14. The fraction of sp³-hybridized carbons (Fsp3) is 0.348. The Hall–Kier alpha value is -3.75. The van der Waals surface area contributed by atoms with Crippen molar-refractivity contribution in [3.8, 4) is 0 Å². The van der Waals surface area contributed by atoms with Crippen LogP contribution in [0, 0.1) is 0 Å². The molecule has 0 bridgehead atoms. The fourth-order valence-electron chi connectivity index (χ4n) is 3.50. The topological polar surface area (TPSA) is 140 Å². The van der Waals surface area contributed by atoms with Crippen molar-refractivity contribution < 1.29 is 9.59 Å². The molecule has 2 aromatic heterocycles. The van der Waals surface area contributed by atoms with Crippen LogP contribution in [0.2, 0.25) is 0 Å². The number of amides is 2. The molecule has 2 amide bonds. The van der Waals surface area contributed by atoms with Crippen LogP contribution in [0.15, 0.2) is 39.9 Å². The number of primary amides is 1. The monoisotopic (exact) mass is 437 g/mol. The van der Waals surface area contributed by atoms with Gasteiger partial charge >= 0.3 is 5.69 Å². The van der Waals surface area contributed by atoms with Crippen LogP contribution in [-0.2, 0) is 13.0 Å². The molecule has 0 aliphatic carbocycles. The highest BCUT2D eigenvalue weighted by atomic mass is 16.2. The lowest BCUT2D eigenvalue weighted by molar-refractivity contribution is 0.0953. The predicted octanol–water partition coefficient (Wildman–Crippen LogP) is 1.69. The minimum Gasteiger partial charge on any atom is -0.366 e. The average molecular weight is 438 g/mol. The number of H-pyrrole nitrogens is 1. The van der Waals surface area contributed by atoms with Crippen molar-refractivity contribution in [3.63, 3.8) is 0 Å². The Labute approximate surface area is 184 Å².